The standard InChI is InChI=1S/C10H23NO/c1-4-10(12)8-7-9-11(5-2)6-3/h10,12H,4-9H2,1-3H3. The van der Waals surface area contributed by atoms with Crippen molar-refractivity contribution in [3.63, 3.8) is 0 Å². The molecule has 0 saturated carbocycles. The van der Waals surface area contributed by atoms with Gasteiger partial charge in [0.1, 0.15) is 0 Å². The summed E-state index contributed by atoms with van der Waals surface area (Å²) in [7, 11) is 0. The molecule has 2 heteroatoms. The second-order valence-electron chi connectivity index (χ2n) is 3.23. The minimum absolute atomic E-state index is 0.0828. The lowest BCUT2D eigenvalue weighted by Gasteiger charge is -2.18. The van der Waals surface area contributed by atoms with Crippen molar-refractivity contribution in [1.82, 2.24) is 4.90 Å². The summed E-state index contributed by atoms with van der Waals surface area (Å²) >= 11 is 0. The van der Waals surface area contributed by atoms with Crippen LogP contribution >= 0.6 is 0 Å². The smallest absolute Gasteiger partial charge is 0.0538 e. The molecule has 0 bridgehead atoms. The minimum atomic E-state index is -0.0828. The Balaban J connectivity index is 3.28. The van der Waals surface area contributed by atoms with Crippen molar-refractivity contribution >= 4 is 0 Å². The van der Waals surface area contributed by atoms with Gasteiger partial charge in [0.15, 0.2) is 0 Å². The summed E-state index contributed by atoms with van der Waals surface area (Å²) in [6, 6.07) is 0. The lowest BCUT2D eigenvalue weighted by Crippen LogP contribution is -2.24. The molecule has 1 unspecified atom stereocenters. The molecule has 12 heavy (non-hydrogen) atoms. The van der Waals surface area contributed by atoms with Gasteiger partial charge in [-0.15, -0.1) is 0 Å². The molecule has 0 aliphatic rings. The highest BCUT2D eigenvalue weighted by atomic mass is 16.3. The molecule has 0 saturated heterocycles. The number of hydrogen-bond acceptors (Lipinski definition) is 2. The van der Waals surface area contributed by atoms with Gasteiger partial charge in [-0.05, 0) is 38.9 Å². The fourth-order valence-corrected chi connectivity index (χ4v) is 1.29. The van der Waals surface area contributed by atoms with E-state index in [1.807, 2.05) is 6.92 Å². The van der Waals surface area contributed by atoms with Crippen LogP contribution in [-0.4, -0.2) is 35.7 Å². The van der Waals surface area contributed by atoms with Gasteiger partial charge in [0, 0.05) is 0 Å². The number of nitrogens with zero attached hydrogens (tertiary/aromatic N) is 1. The lowest BCUT2D eigenvalue weighted by molar-refractivity contribution is 0.150. The first kappa shape index (κ1) is 11.9. The molecular weight excluding hydrogens is 150 g/mol. The maximum atomic E-state index is 9.30. The third-order valence-electron chi connectivity index (χ3n) is 2.38. The molecule has 0 aliphatic carbocycles. The fraction of sp³-hybridized carbons (Fsp3) is 1.00. The molecule has 0 aromatic heterocycles. The Labute approximate surface area is 76.6 Å². The van der Waals surface area contributed by atoms with E-state index in [-0.39, 0.29) is 6.10 Å². The minimum Gasteiger partial charge on any atom is -0.393 e. The van der Waals surface area contributed by atoms with Crippen LogP contribution in [0.1, 0.15) is 40.0 Å². The predicted molar refractivity (Wildman–Crippen MR) is 53.3 cm³/mol. The van der Waals surface area contributed by atoms with Gasteiger partial charge >= 0.3 is 0 Å². The molecule has 0 aromatic rings. The van der Waals surface area contributed by atoms with Gasteiger partial charge in [0.05, 0.1) is 6.10 Å². The van der Waals surface area contributed by atoms with Gasteiger partial charge in [0.25, 0.3) is 0 Å². The van der Waals surface area contributed by atoms with E-state index in [0.29, 0.717) is 0 Å². The summed E-state index contributed by atoms with van der Waals surface area (Å²) in [6.07, 6.45) is 2.88. The predicted octanol–water partition coefficient (Wildman–Crippen LogP) is 1.88. The third kappa shape index (κ3) is 5.56. The second kappa shape index (κ2) is 7.56. The summed E-state index contributed by atoms with van der Waals surface area (Å²) in [5.41, 5.74) is 0. The van der Waals surface area contributed by atoms with Gasteiger partial charge in [-0.1, -0.05) is 20.8 Å². The van der Waals surface area contributed by atoms with Crippen LogP contribution in [0, 0.1) is 0 Å². The van der Waals surface area contributed by atoms with Crippen LogP contribution in [0.5, 0.6) is 0 Å². The Morgan fingerprint density at radius 3 is 2.17 bits per heavy atom. The normalized spacial score (nSPS) is 13.8. The topological polar surface area (TPSA) is 23.5 Å². The van der Waals surface area contributed by atoms with Crippen molar-refractivity contribution in [2.45, 2.75) is 46.1 Å². The van der Waals surface area contributed by atoms with Crippen LogP contribution in [-0.2, 0) is 0 Å². The molecule has 0 rings (SSSR count). The second-order valence-corrected chi connectivity index (χ2v) is 3.23. The Kier molecular flexibility index (Phi) is 7.51. The zero-order chi connectivity index (χ0) is 9.40. The van der Waals surface area contributed by atoms with E-state index >= 15 is 0 Å². The highest BCUT2D eigenvalue weighted by molar-refractivity contribution is 4.57. The van der Waals surface area contributed by atoms with Gasteiger partial charge in [-0.2, -0.15) is 0 Å². The molecule has 2 nitrogen and oxygen atoms in total. The van der Waals surface area contributed by atoms with Crippen LogP contribution in [0.4, 0.5) is 0 Å². The first-order valence-electron chi connectivity index (χ1n) is 5.14. The number of aliphatic hydroxyl groups is 1. The van der Waals surface area contributed by atoms with Crippen molar-refractivity contribution in [2.24, 2.45) is 0 Å². The van der Waals surface area contributed by atoms with Crippen molar-refractivity contribution in [2.75, 3.05) is 19.6 Å². The van der Waals surface area contributed by atoms with Crippen LogP contribution < -0.4 is 0 Å². The lowest BCUT2D eigenvalue weighted by atomic mass is 10.1. The first-order valence-corrected chi connectivity index (χ1v) is 5.14. The Morgan fingerprint density at radius 1 is 1.17 bits per heavy atom. The maximum absolute atomic E-state index is 9.30. The van der Waals surface area contributed by atoms with E-state index in [1.54, 1.807) is 0 Å². The van der Waals surface area contributed by atoms with Gasteiger partial charge in [-0.25, -0.2) is 0 Å². The summed E-state index contributed by atoms with van der Waals surface area (Å²) in [6.45, 7) is 9.77. The summed E-state index contributed by atoms with van der Waals surface area (Å²) < 4.78 is 0. The zero-order valence-electron chi connectivity index (χ0n) is 8.71. The number of aliphatic hydroxyl groups excluding tert-OH is 1. The molecule has 0 aliphatic heterocycles. The summed E-state index contributed by atoms with van der Waals surface area (Å²) in [4.78, 5) is 2.39. The molecule has 0 radical (unpaired) electrons. The van der Waals surface area contributed by atoms with Crippen LogP contribution in [0.25, 0.3) is 0 Å². The van der Waals surface area contributed by atoms with Crippen LogP contribution in [0.2, 0.25) is 0 Å². The SMILES string of the molecule is CCC(O)CCCN(CC)CC. The molecule has 1 N–H and O–H groups in total. The van der Waals surface area contributed by atoms with Crippen molar-refractivity contribution in [3.8, 4) is 0 Å². The average Bonchev–Trinajstić information content (AvgIpc) is 2.12. The first-order chi connectivity index (χ1) is 5.74. The molecule has 0 heterocycles. The zero-order valence-corrected chi connectivity index (χ0v) is 8.71. The van der Waals surface area contributed by atoms with E-state index in [0.717, 1.165) is 38.9 Å². The highest BCUT2D eigenvalue weighted by Gasteiger charge is 2.02. The van der Waals surface area contributed by atoms with E-state index in [9.17, 15) is 5.11 Å². The molecule has 0 fully saturated rings. The van der Waals surface area contributed by atoms with E-state index in [4.69, 9.17) is 0 Å². The molecular formula is C10H23NO. The molecule has 74 valence electrons. The Bertz CT molecular complexity index is 91.8. The number of rotatable bonds is 7. The van der Waals surface area contributed by atoms with E-state index in [2.05, 4.69) is 18.7 Å². The fourth-order valence-electron chi connectivity index (χ4n) is 1.29. The van der Waals surface area contributed by atoms with Gasteiger partial charge in [-0.3, -0.25) is 0 Å². The molecule has 1 atom stereocenters. The quantitative estimate of drug-likeness (QED) is 0.635. The van der Waals surface area contributed by atoms with Crippen LogP contribution in [0.15, 0.2) is 0 Å². The van der Waals surface area contributed by atoms with E-state index in [1.165, 1.54) is 0 Å². The summed E-state index contributed by atoms with van der Waals surface area (Å²) in [5, 5.41) is 9.30. The highest BCUT2D eigenvalue weighted by Crippen LogP contribution is 2.02. The molecule has 0 amide bonds. The average molecular weight is 173 g/mol. The monoisotopic (exact) mass is 173 g/mol. The van der Waals surface area contributed by atoms with Crippen molar-refractivity contribution < 1.29 is 5.11 Å². The Hall–Kier alpha value is -0.0800. The molecule has 0 aromatic carbocycles. The van der Waals surface area contributed by atoms with Gasteiger partial charge in [0.2, 0.25) is 0 Å². The third-order valence-corrected chi connectivity index (χ3v) is 2.38. The van der Waals surface area contributed by atoms with Crippen molar-refractivity contribution in [3.05, 3.63) is 0 Å². The number of hydrogen-bond donors (Lipinski definition) is 1. The van der Waals surface area contributed by atoms with Crippen LogP contribution in [0.3, 0.4) is 0 Å². The largest absolute Gasteiger partial charge is 0.393 e. The molecule has 0 spiro atoms. The van der Waals surface area contributed by atoms with Crippen molar-refractivity contribution in [1.29, 1.82) is 0 Å². The van der Waals surface area contributed by atoms with E-state index < -0.39 is 0 Å². The maximum Gasteiger partial charge on any atom is 0.0538 e. The Morgan fingerprint density at radius 2 is 1.75 bits per heavy atom. The summed E-state index contributed by atoms with van der Waals surface area (Å²) in [5.74, 6) is 0. The van der Waals surface area contributed by atoms with Gasteiger partial charge < -0.3 is 10.0 Å².